The zero-order valence-corrected chi connectivity index (χ0v) is 23.1. The number of hydrogen-bond donors (Lipinski definition) is 5. The summed E-state index contributed by atoms with van der Waals surface area (Å²) in [5.41, 5.74) is -3.95. The zero-order chi connectivity index (χ0) is 29.9. The number of nitrogens with zero attached hydrogens (tertiary/aromatic N) is 1. The highest BCUT2D eigenvalue weighted by Crippen LogP contribution is 2.54. The number of ether oxygens (including phenoxy) is 3. The van der Waals surface area contributed by atoms with Gasteiger partial charge in [0.25, 0.3) is 0 Å². The Balaban J connectivity index is 1.59. The van der Waals surface area contributed by atoms with Gasteiger partial charge in [-0.1, -0.05) is 0 Å². The molecule has 2 heterocycles. The summed E-state index contributed by atoms with van der Waals surface area (Å²) in [6.07, 6.45) is -3.80. The maximum atomic E-state index is 14.2. The zero-order valence-electron chi connectivity index (χ0n) is 23.1. The third-order valence-corrected chi connectivity index (χ3v) is 9.12. The second-order valence-corrected chi connectivity index (χ2v) is 11.8. The maximum Gasteiger partial charge on any atom is 0.316 e. The number of ketones is 2. The smallest absolute Gasteiger partial charge is 0.316 e. The van der Waals surface area contributed by atoms with E-state index in [9.17, 15) is 39.9 Å². The van der Waals surface area contributed by atoms with Gasteiger partial charge in [-0.3, -0.25) is 14.4 Å². The lowest BCUT2D eigenvalue weighted by Gasteiger charge is -2.53. The summed E-state index contributed by atoms with van der Waals surface area (Å²) in [7, 11) is 4.49. The number of rotatable bonds is 2. The van der Waals surface area contributed by atoms with E-state index in [1.165, 1.54) is 26.0 Å². The fraction of sp³-hybridized carbons (Fsp3) is 0.483. The standard InChI is InChI=1S/C29H31NO11/c1-28(38)7-6-10-11(18(28)26(37)39-5)8-12-15(20(10)32)22(34)16-14(31)9-13-24(17(16)21(12)33)40-27-23(35)19(30(3)4)25(36)29(13,2)41-27/h8-9,18-19,23,25,27,31-32,35-36,38H,6-7H2,1-5H3. The number of aliphatic hydroxyl groups is 3. The number of fused-ring (bicyclic) bond motifs is 8. The second kappa shape index (κ2) is 8.73. The molecule has 2 aromatic rings. The van der Waals surface area contributed by atoms with Crippen LogP contribution in [-0.4, -0.2) is 99.3 Å². The van der Waals surface area contributed by atoms with Gasteiger partial charge in [0.05, 0.1) is 35.4 Å². The molecule has 0 aromatic heterocycles. The summed E-state index contributed by atoms with van der Waals surface area (Å²) in [6, 6.07) is 1.66. The van der Waals surface area contributed by atoms with Crippen molar-refractivity contribution in [1.29, 1.82) is 0 Å². The number of phenols is 2. The average Bonchev–Trinajstić information content (AvgIpc) is 2.89. The molecule has 7 unspecified atom stereocenters. The van der Waals surface area contributed by atoms with Gasteiger partial charge in [0.1, 0.15) is 41.0 Å². The van der Waals surface area contributed by atoms with E-state index in [-0.39, 0.29) is 52.0 Å². The van der Waals surface area contributed by atoms with Crippen molar-refractivity contribution in [2.45, 2.75) is 68.3 Å². The summed E-state index contributed by atoms with van der Waals surface area (Å²) in [5, 5.41) is 55.7. The Morgan fingerprint density at radius 1 is 1.07 bits per heavy atom. The largest absolute Gasteiger partial charge is 0.507 e. The molecule has 2 bridgehead atoms. The lowest BCUT2D eigenvalue weighted by atomic mass is 9.69. The lowest BCUT2D eigenvalue weighted by Crippen LogP contribution is -2.68. The normalized spacial score (nSPS) is 33.3. The Morgan fingerprint density at radius 3 is 2.39 bits per heavy atom. The van der Waals surface area contributed by atoms with Crippen molar-refractivity contribution < 1.29 is 54.1 Å². The van der Waals surface area contributed by atoms with Crippen molar-refractivity contribution in [3.63, 3.8) is 0 Å². The van der Waals surface area contributed by atoms with Gasteiger partial charge in [-0.2, -0.15) is 0 Å². The van der Waals surface area contributed by atoms with Crippen LogP contribution in [0.5, 0.6) is 17.2 Å². The first-order valence-corrected chi connectivity index (χ1v) is 13.2. The first kappa shape index (κ1) is 27.6. The Hall–Kier alpha value is -3.55. The van der Waals surface area contributed by atoms with Crippen molar-refractivity contribution in [2.75, 3.05) is 21.2 Å². The molecule has 2 aliphatic carbocycles. The first-order valence-electron chi connectivity index (χ1n) is 13.2. The van der Waals surface area contributed by atoms with E-state index >= 15 is 0 Å². The molecule has 6 rings (SSSR count). The number of carbonyl (C=O) groups is 3. The van der Waals surface area contributed by atoms with Crippen LogP contribution in [0, 0.1) is 0 Å². The highest BCUT2D eigenvalue weighted by atomic mass is 16.7. The van der Waals surface area contributed by atoms with E-state index in [0.717, 1.165) is 7.11 Å². The molecule has 0 radical (unpaired) electrons. The Labute approximate surface area is 234 Å². The summed E-state index contributed by atoms with van der Waals surface area (Å²) in [6.45, 7) is 2.99. The molecular weight excluding hydrogens is 538 g/mol. The number of benzene rings is 2. The number of likely N-dealkylation sites (N-methyl/N-ethyl adjacent to an activating group) is 1. The molecule has 12 nitrogen and oxygen atoms in total. The fourth-order valence-corrected chi connectivity index (χ4v) is 6.94. The third kappa shape index (κ3) is 3.48. The van der Waals surface area contributed by atoms with Crippen LogP contribution in [0.4, 0.5) is 0 Å². The van der Waals surface area contributed by atoms with E-state index in [1.54, 1.807) is 19.0 Å². The van der Waals surface area contributed by atoms with E-state index in [4.69, 9.17) is 14.2 Å². The monoisotopic (exact) mass is 569 g/mol. The molecule has 41 heavy (non-hydrogen) atoms. The maximum absolute atomic E-state index is 14.2. The van der Waals surface area contributed by atoms with E-state index < -0.39 is 76.3 Å². The average molecular weight is 570 g/mol. The van der Waals surface area contributed by atoms with Crippen LogP contribution in [-0.2, 0) is 26.3 Å². The number of hydrogen-bond acceptors (Lipinski definition) is 12. The quantitative estimate of drug-likeness (QED) is 0.269. The van der Waals surface area contributed by atoms with Crippen LogP contribution in [0.3, 0.4) is 0 Å². The summed E-state index contributed by atoms with van der Waals surface area (Å²) < 4.78 is 16.8. The Morgan fingerprint density at radius 2 is 1.76 bits per heavy atom. The Kier molecular flexibility index (Phi) is 5.88. The molecule has 2 aliphatic heterocycles. The SMILES string of the molecule is COC(=O)C1c2cc3c(c(O)c2CCC1(C)O)C(=O)c1c(O)cc2c(c1C3=O)OC1OC2(C)C(O)C(N(C)C)C1O. The summed E-state index contributed by atoms with van der Waals surface area (Å²) in [5.74, 6) is -4.92. The van der Waals surface area contributed by atoms with E-state index in [0.29, 0.717) is 0 Å². The highest BCUT2D eigenvalue weighted by molar-refractivity contribution is 6.31. The number of aliphatic hydroxyl groups excluding tert-OH is 2. The lowest BCUT2D eigenvalue weighted by molar-refractivity contribution is -0.311. The molecule has 5 N–H and O–H groups in total. The first-order chi connectivity index (χ1) is 19.2. The van der Waals surface area contributed by atoms with E-state index in [2.05, 4.69) is 0 Å². The molecule has 2 aromatic carbocycles. The molecule has 1 fully saturated rings. The number of phenolic OH excluding ortho intramolecular Hbond substituents is 2. The van der Waals surface area contributed by atoms with Crippen molar-refractivity contribution >= 4 is 17.5 Å². The van der Waals surface area contributed by atoms with Crippen LogP contribution < -0.4 is 4.74 Å². The van der Waals surface area contributed by atoms with Crippen LogP contribution >= 0.6 is 0 Å². The van der Waals surface area contributed by atoms with Crippen LogP contribution in [0.15, 0.2) is 12.1 Å². The van der Waals surface area contributed by atoms with Crippen LogP contribution in [0.1, 0.15) is 74.7 Å². The van der Waals surface area contributed by atoms with Gasteiger partial charge in [0.2, 0.25) is 12.1 Å². The van der Waals surface area contributed by atoms with Crippen molar-refractivity contribution in [1.82, 2.24) is 4.90 Å². The predicted octanol–water partition coefficient (Wildman–Crippen LogP) is 0.443. The van der Waals surface area contributed by atoms with E-state index in [1.807, 2.05) is 0 Å². The van der Waals surface area contributed by atoms with Gasteiger partial charge in [-0.15, -0.1) is 0 Å². The molecular formula is C29H31NO11. The summed E-state index contributed by atoms with van der Waals surface area (Å²) in [4.78, 5) is 42.4. The molecule has 12 heteroatoms. The minimum absolute atomic E-state index is 0.0794. The number of aromatic hydroxyl groups is 2. The molecule has 1 saturated heterocycles. The Bertz CT molecular complexity index is 1550. The third-order valence-electron chi connectivity index (χ3n) is 9.12. The molecule has 0 saturated carbocycles. The van der Waals surface area contributed by atoms with Gasteiger partial charge in [-0.05, 0) is 64.0 Å². The molecule has 4 aliphatic rings. The van der Waals surface area contributed by atoms with Crippen molar-refractivity contribution in [2.24, 2.45) is 0 Å². The predicted molar refractivity (Wildman–Crippen MR) is 139 cm³/mol. The number of methoxy groups -OCH3 is 1. The fourth-order valence-electron chi connectivity index (χ4n) is 6.94. The van der Waals surface area contributed by atoms with Crippen LogP contribution in [0.2, 0.25) is 0 Å². The van der Waals surface area contributed by atoms with Crippen molar-refractivity contribution in [3.05, 3.63) is 51.1 Å². The second-order valence-electron chi connectivity index (χ2n) is 11.8. The highest BCUT2D eigenvalue weighted by Gasteiger charge is 2.59. The molecule has 0 spiro atoms. The number of carbonyl (C=O) groups excluding carboxylic acids is 3. The van der Waals surface area contributed by atoms with Gasteiger partial charge in [-0.25, -0.2) is 0 Å². The summed E-state index contributed by atoms with van der Waals surface area (Å²) >= 11 is 0. The van der Waals surface area contributed by atoms with Gasteiger partial charge >= 0.3 is 5.97 Å². The van der Waals surface area contributed by atoms with Gasteiger partial charge in [0, 0.05) is 11.1 Å². The molecule has 0 amide bonds. The van der Waals surface area contributed by atoms with Crippen LogP contribution in [0.25, 0.3) is 0 Å². The minimum Gasteiger partial charge on any atom is -0.507 e. The minimum atomic E-state index is -1.56. The van der Waals surface area contributed by atoms with Gasteiger partial charge < -0.3 is 44.6 Å². The number of esters is 1. The molecule has 218 valence electrons. The molecule has 7 atom stereocenters. The van der Waals surface area contributed by atoms with Gasteiger partial charge in [0.15, 0.2) is 5.78 Å². The van der Waals surface area contributed by atoms with Crippen molar-refractivity contribution in [3.8, 4) is 17.2 Å². The topological polar surface area (TPSA) is 183 Å².